The lowest BCUT2D eigenvalue weighted by molar-refractivity contribution is 0.182. The van der Waals surface area contributed by atoms with E-state index in [2.05, 4.69) is 18.8 Å². The fourth-order valence-corrected chi connectivity index (χ4v) is 3.16. The van der Waals surface area contributed by atoms with Gasteiger partial charge < -0.3 is 10.2 Å². The van der Waals surface area contributed by atoms with Gasteiger partial charge in [0.05, 0.1) is 5.69 Å². The molecule has 4 heteroatoms. The summed E-state index contributed by atoms with van der Waals surface area (Å²) in [5.74, 6) is 1.44. The lowest BCUT2D eigenvalue weighted by Gasteiger charge is -2.31. The highest BCUT2D eigenvalue weighted by Crippen LogP contribution is 2.27. The van der Waals surface area contributed by atoms with Crippen LogP contribution in [-0.4, -0.2) is 29.8 Å². The van der Waals surface area contributed by atoms with Crippen LogP contribution in [0.3, 0.4) is 0 Å². The van der Waals surface area contributed by atoms with Crippen molar-refractivity contribution in [3.05, 3.63) is 36.9 Å². The second kappa shape index (κ2) is 7.39. The lowest BCUT2D eigenvalue weighted by Crippen LogP contribution is -2.41. The van der Waals surface area contributed by atoms with Crippen LogP contribution in [0.25, 0.3) is 0 Å². The molecule has 1 aliphatic heterocycles. The number of carbonyl (C=O) groups excluding carboxylic acids is 1. The smallest absolute Gasteiger partial charge is 0.321 e. The summed E-state index contributed by atoms with van der Waals surface area (Å²) in [5.41, 5.74) is 0.891. The molecule has 1 heterocycles. The van der Waals surface area contributed by atoms with Gasteiger partial charge in [0.1, 0.15) is 0 Å². The molecular formula is C16H22N2OS. The standard InChI is InChI=1S/C16H22N2OS/c1-3-11-20-15-9-5-4-8-14(15)17-16(19)18-10-6-7-13(2)12-18/h3-5,8-9,13H,1,6-7,10-12H2,2H3,(H,17,19)/t13-/m1/s1. The first-order chi connectivity index (χ1) is 9.70. The normalized spacial score (nSPS) is 18.6. The topological polar surface area (TPSA) is 32.3 Å². The van der Waals surface area contributed by atoms with E-state index >= 15 is 0 Å². The minimum atomic E-state index is 0.0169. The Balaban J connectivity index is 2.01. The van der Waals surface area contributed by atoms with E-state index in [0.717, 1.165) is 35.8 Å². The Kier molecular flexibility index (Phi) is 5.53. The maximum Gasteiger partial charge on any atom is 0.321 e. The molecule has 1 aromatic carbocycles. The van der Waals surface area contributed by atoms with Gasteiger partial charge in [-0.1, -0.05) is 25.1 Å². The zero-order valence-electron chi connectivity index (χ0n) is 12.0. The number of carbonyl (C=O) groups is 1. The summed E-state index contributed by atoms with van der Waals surface area (Å²) in [4.78, 5) is 15.3. The molecule has 0 radical (unpaired) electrons. The third-order valence-corrected chi connectivity index (χ3v) is 4.50. The Morgan fingerprint density at radius 1 is 1.55 bits per heavy atom. The number of hydrogen-bond acceptors (Lipinski definition) is 2. The molecule has 2 rings (SSSR count). The second-order valence-corrected chi connectivity index (χ2v) is 6.28. The molecule has 0 unspecified atom stereocenters. The molecule has 108 valence electrons. The van der Waals surface area contributed by atoms with Gasteiger partial charge >= 0.3 is 6.03 Å². The van der Waals surface area contributed by atoms with Crippen molar-refractivity contribution in [2.24, 2.45) is 5.92 Å². The van der Waals surface area contributed by atoms with Gasteiger partial charge in [-0.15, -0.1) is 18.3 Å². The van der Waals surface area contributed by atoms with Crippen molar-refractivity contribution in [3.63, 3.8) is 0 Å². The minimum Gasteiger partial charge on any atom is -0.324 e. The number of amides is 2. The van der Waals surface area contributed by atoms with Gasteiger partial charge in [-0.05, 0) is 30.9 Å². The predicted molar refractivity (Wildman–Crippen MR) is 86.4 cm³/mol. The van der Waals surface area contributed by atoms with Crippen LogP contribution in [0.2, 0.25) is 0 Å². The highest BCUT2D eigenvalue weighted by atomic mass is 32.2. The number of thioether (sulfide) groups is 1. The summed E-state index contributed by atoms with van der Waals surface area (Å²) in [6.07, 6.45) is 4.19. The average molecular weight is 290 g/mol. The van der Waals surface area contributed by atoms with Crippen molar-refractivity contribution in [1.82, 2.24) is 4.90 Å². The summed E-state index contributed by atoms with van der Waals surface area (Å²) in [6.45, 7) is 7.65. The monoisotopic (exact) mass is 290 g/mol. The van der Waals surface area contributed by atoms with Crippen molar-refractivity contribution < 1.29 is 4.79 Å². The van der Waals surface area contributed by atoms with E-state index in [-0.39, 0.29) is 6.03 Å². The Morgan fingerprint density at radius 3 is 3.10 bits per heavy atom. The number of nitrogens with zero attached hydrogens (tertiary/aromatic N) is 1. The predicted octanol–water partition coefficient (Wildman–Crippen LogP) is 4.23. The molecule has 1 atom stereocenters. The summed E-state index contributed by atoms with van der Waals surface area (Å²) in [5, 5.41) is 3.04. The van der Waals surface area contributed by atoms with Crippen LogP contribution in [-0.2, 0) is 0 Å². The highest BCUT2D eigenvalue weighted by molar-refractivity contribution is 7.99. The highest BCUT2D eigenvalue weighted by Gasteiger charge is 2.21. The number of benzene rings is 1. The summed E-state index contributed by atoms with van der Waals surface area (Å²) in [7, 11) is 0. The van der Waals surface area contributed by atoms with E-state index in [1.165, 1.54) is 6.42 Å². The van der Waals surface area contributed by atoms with Crippen LogP contribution in [0.5, 0.6) is 0 Å². The minimum absolute atomic E-state index is 0.0169. The summed E-state index contributed by atoms with van der Waals surface area (Å²) < 4.78 is 0. The zero-order chi connectivity index (χ0) is 14.4. The first-order valence-electron chi connectivity index (χ1n) is 7.09. The van der Waals surface area contributed by atoms with Crippen molar-refractivity contribution in [2.75, 3.05) is 24.2 Å². The summed E-state index contributed by atoms with van der Waals surface area (Å²) >= 11 is 1.68. The molecule has 20 heavy (non-hydrogen) atoms. The maximum atomic E-state index is 12.3. The zero-order valence-corrected chi connectivity index (χ0v) is 12.8. The third-order valence-electron chi connectivity index (χ3n) is 3.43. The van der Waals surface area contributed by atoms with Crippen LogP contribution in [0, 0.1) is 5.92 Å². The van der Waals surface area contributed by atoms with Crippen LogP contribution < -0.4 is 5.32 Å². The van der Waals surface area contributed by atoms with Gasteiger partial charge in [0.15, 0.2) is 0 Å². The number of piperidine rings is 1. The molecule has 1 aromatic rings. The number of urea groups is 1. The molecule has 0 bridgehead atoms. The number of nitrogens with one attached hydrogen (secondary N) is 1. The second-order valence-electron chi connectivity index (χ2n) is 5.22. The van der Waals surface area contributed by atoms with Crippen molar-refractivity contribution in [2.45, 2.75) is 24.7 Å². The number of rotatable bonds is 4. The number of likely N-dealkylation sites (tertiary alicyclic amines) is 1. The van der Waals surface area contributed by atoms with Crippen LogP contribution in [0.15, 0.2) is 41.8 Å². The Labute approximate surface area is 125 Å². The SMILES string of the molecule is C=CCSc1ccccc1NC(=O)N1CCC[C@@H](C)C1. The molecule has 3 nitrogen and oxygen atoms in total. The van der Waals surface area contributed by atoms with Crippen molar-refractivity contribution in [3.8, 4) is 0 Å². The Bertz CT molecular complexity index is 475. The van der Waals surface area contributed by atoms with Gasteiger partial charge in [-0.2, -0.15) is 0 Å². The maximum absolute atomic E-state index is 12.3. The summed E-state index contributed by atoms with van der Waals surface area (Å²) in [6, 6.07) is 7.94. The van der Waals surface area contributed by atoms with Crippen molar-refractivity contribution >= 4 is 23.5 Å². The quantitative estimate of drug-likeness (QED) is 0.665. The van der Waals surface area contributed by atoms with Crippen molar-refractivity contribution in [1.29, 1.82) is 0 Å². The molecule has 2 amide bonds. The van der Waals surface area contributed by atoms with Crippen LogP contribution in [0.1, 0.15) is 19.8 Å². The van der Waals surface area contributed by atoms with E-state index < -0.39 is 0 Å². The van der Waals surface area contributed by atoms with E-state index in [4.69, 9.17) is 0 Å². The molecule has 0 aliphatic carbocycles. The Hall–Kier alpha value is -1.42. The van der Waals surface area contributed by atoms with Gasteiger partial charge in [0.2, 0.25) is 0 Å². The van der Waals surface area contributed by atoms with E-state index in [9.17, 15) is 4.79 Å². The fourth-order valence-electron chi connectivity index (χ4n) is 2.41. The van der Waals surface area contributed by atoms with E-state index in [1.807, 2.05) is 35.2 Å². The van der Waals surface area contributed by atoms with Gasteiger partial charge in [-0.25, -0.2) is 4.79 Å². The molecular weight excluding hydrogens is 268 g/mol. The molecule has 1 saturated heterocycles. The fraction of sp³-hybridized carbons (Fsp3) is 0.438. The third kappa shape index (κ3) is 4.04. The van der Waals surface area contributed by atoms with Crippen LogP contribution >= 0.6 is 11.8 Å². The first-order valence-corrected chi connectivity index (χ1v) is 8.08. The molecule has 0 spiro atoms. The number of hydrogen-bond donors (Lipinski definition) is 1. The first kappa shape index (κ1) is 15.0. The molecule has 1 fully saturated rings. The van der Waals surface area contributed by atoms with E-state index in [0.29, 0.717) is 5.92 Å². The molecule has 1 aliphatic rings. The van der Waals surface area contributed by atoms with E-state index in [1.54, 1.807) is 11.8 Å². The van der Waals surface area contributed by atoms with Crippen LogP contribution in [0.4, 0.5) is 10.5 Å². The lowest BCUT2D eigenvalue weighted by atomic mass is 10.0. The molecule has 0 aromatic heterocycles. The Morgan fingerprint density at radius 2 is 2.35 bits per heavy atom. The number of para-hydroxylation sites is 1. The van der Waals surface area contributed by atoms with Gasteiger partial charge in [-0.3, -0.25) is 0 Å². The molecule has 1 N–H and O–H groups in total. The molecule has 0 saturated carbocycles. The largest absolute Gasteiger partial charge is 0.324 e. The van der Waals surface area contributed by atoms with Gasteiger partial charge in [0.25, 0.3) is 0 Å². The number of anilines is 1. The van der Waals surface area contributed by atoms with Gasteiger partial charge in [0, 0.05) is 23.7 Å². The average Bonchev–Trinajstić information content (AvgIpc) is 2.46.